The molecule has 0 aliphatic rings. The molecule has 0 unspecified atom stereocenters. The summed E-state index contributed by atoms with van der Waals surface area (Å²) in [6.07, 6.45) is 0. The van der Waals surface area contributed by atoms with Gasteiger partial charge in [-0.25, -0.2) is 0 Å². The maximum atomic E-state index is 6.57. The van der Waals surface area contributed by atoms with E-state index in [2.05, 4.69) is 72.1 Å². The first kappa shape index (κ1) is 13.1. The van der Waals surface area contributed by atoms with Gasteiger partial charge in [-0.3, -0.25) is 0 Å². The SMILES string of the molecule is N[C@@H](c1cccs1)c1ccc2ccc3cccc4ccc1c2c34. The van der Waals surface area contributed by atoms with Gasteiger partial charge in [-0.1, -0.05) is 60.7 Å². The van der Waals surface area contributed by atoms with E-state index in [1.165, 1.54) is 42.8 Å². The van der Waals surface area contributed by atoms with Gasteiger partial charge in [-0.15, -0.1) is 11.3 Å². The van der Waals surface area contributed by atoms with Gasteiger partial charge in [0.2, 0.25) is 0 Å². The smallest absolute Gasteiger partial charge is 0.0652 e. The predicted molar refractivity (Wildman–Crippen MR) is 100 cm³/mol. The fourth-order valence-corrected chi connectivity index (χ4v) is 4.40. The topological polar surface area (TPSA) is 26.0 Å². The van der Waals surface area contributed by atoms with E-state index in [1.54, 1.807) is 11.3 Å². The molecule has 1 atom stereocenters. The van der Waals surface area contributed by atoms with E-state index < -0.39 is 0 Å². The molecule has 0 aliphatic carbocycles. The highest BCUT2D eigenvalue weighted by Gasteiger charge is 2.16. The third-order valence-electron chi connectivity index (χ3n) is 4.75. The highest BCUT2D eigenvalue weighted by molar-refractivity contribution is 7.10. The fourth-order valence-electron chi connectivity index (χ4n) is 3.65. The number of rotatable bonds is 2. The molecule has 0 radical (unpaired) electrons. The van der Waals surface area contributed by atoms with Crippen molar-refractivity contribution in [2.45, 2.75) is 6.04 Å². The Morgan fingerprint density at radius 2 is 1.39 bits per heavy atom. The number of hydrogen-bond donors (Lipinski definition) is 1. The Kier molecular flexibility index (Phi) is 2.72. The predicted octanol–water partition coefficient (Wildman–Crippen LogP) is 5.69. The monoisotopic (exact) mass is 313 g/mol. The fraction of sp³-hybridized carbons (Fsp3) is 0.0476. The number of thiophene rings is 1. The molecule has 0 saturated carbocycles. The average Bonchev–Trinajstić information content (AvgIpc) is 3.13. The minimum Gasteiger partial charge on any atom is -0.320 e. The minimum absolute atomic E-state index is 0.0698. The molecule has 0 aliphatic heterocycles. The molecular weight excluding hydrogens is 298 g/mol. The molecule has 0 saturated heterocycles. The van der Waals surface area contributed by atoms with Crippen molar-refractivity contribution in [2.24, 2.45) is 5.73 Å². The van der Waals surface area contributed by atoms with Crippen molar-refractivity contribution >= 4 is 43.7 Å². The summed E-state index contributed by atoms with van der Waals surface area (Å²) < 4.78 is 0. The van der Waals surface area contributed by atoms with Crippen molar-refractivity contribution in [1.29, 1.82) is 0 Å². The number of nitrogens with two attached hydrogens (primary N) is 1. The molecule has 0 spiro atoms. The van der Waals surface area contributed by atoms with Crippen molar-refractivity contribution in [2.75, 3.05) is 0 Å². The second-order valence-electron chi connectivity index (χ2n) is 6.00. The standard InChI is InChI=1S/C21H15NS/c22-21(18-5-2-12-23-18)17-11-9-15-7-6-13-3-1-4-14-8-10-16(17)20(15)19(13)14/h1-12,21H,22H2/t21-/m1/s1. The van der Waals surface area contributed by atoms with Gasteiger partial charge in [0.1, 0.15) is 0 Å². The molecule has 1 heterocycles. The maximum absolute atomic E-state index is 6.57. The van der Waals surface area contributed by atoms with Gasteiger partial charge in [-0.05, 0) is 49.3 Å². The van der Waals surface area contributed by atoms with Crippen LogP contribution in [-0.2, 0) is 0 Å². The van der Waals surface area contributed by atoms with E-state index in [4.69, 9.17) is 5.73 Å². The second-order valence-corrected chi connectivity index (χ2v) is 6.98. The molecule has 1 aromatic heterocycles. The molecule has 110 valence electrons. The Bertz CT molecular complexity index is 1110. The van der Waals surface area contributed by atoms with E-state index in [0.29, 0.717) is 0 Å². The van der Waals surface area contributed by atoms with Crippen LogP contribution in [0.4, 0.5) is 0 Å². The van der Waals surface area contributed by atoms with Crippen LogP contribution in [0.25, 0.3) is 32.3 Å². The van der Waals surface area contributed by atoms with Gasteiger partial charge in [-0.2, -0.15) is 0 Å². The first-order chi connectivity index (χ1) is 11.3. The van der Waals surface area contributed by atoms with Crippen LogP contribution in [0.15, 0.2) is 72.1 Å². The summed E-state index contributed by atoms with van der Waals surface area (Å²) in [7, 11) is 0. The highest BCUT2D eigenvalue weighted by Crippen LogP contribution is 2.38. The summed E-state index contributed by atoms with van der Waals surface area (Å²) in [6.45, 7) is 0. The van der Waals surface area contributed by atoms with Crippen LogP contribution in [0.1, 0.15) is 16.5 Å². The molecule has 5 rings (SSSR count). The Balaban J connectivity index is 1.91. The lowest BCUT2D eigenvalue weighted by Gasteiger charge is -2.17. The lowest BCUT2D eigenvalue weighted by Crippen LogP contribution is -2.10. The molecule has 2 heteroatoms. The van der Waals surface area contributed by atoms with Crippen molar-refractivity contribution < 1.29 is 0 Å². The third-order valence-corrected chi connectivity index (χ3v) is 5.70. The van der Waals surface area contributed by atoms with Crippen molar-refractivity contribution in [3.8, 4) is 0 Å². The number of benzene rings is 4. The van der Waals surface area contributed by atoms with Crippen LogP contribution in [0.3, 0.4) is 0 Å². The Morgan fingerprint density at radius 1 is 0.696 bits per heavy atom. The zero-order valence-corrected chi connectivity index (χ0v) is 13.3. The Hall–Kier alpha value is -2.42. The molecule has 0 fully saturated rings. The average molecular weight is 313 g/mol. The lowest BCUT2D eigenvalue weighted by molar-refractivity contribution is 0.904. The summed E-state index contributed by atoms with van der Waals surface area (Å²) in [5.41, 5.74) is 7.78. The van der Waals surface area contributed by atoms with E-state index in [-0.39, 0.29) is 6.04 Å². The van der Waals surface area contributed by atoms with Crippen LogP contribution in [0.5, 0.6) is 0 Å². The van der Waals surface area contributed by atoms with Crippen LogP contribution in [0, 0.1) is 0 Å². The number of hydrogen-bond acceptors (Lipinski definition) is 2. The molecule has 0 amide bonds. The summed E-state index contributed by atoms with van der Waals surface area (Å²) >= 11 is 1.72. The summed E-state index contributed by atoms with van der Waals surface area (Å²) in [6, 6.07) is 23.9. The second kappa shape index (κ2) is 4.79. The van der Waals surface area contributed by atoms with E-state index in [9.17, 15) is 0 Å². The van der Waals surface area contributed by atoms with E-state index >= 15 is 0 Å². The van der Waals surface area contributed by atoms with Crippen molar-refractivity contribution in [3.05, 3.63) is 82.6 Å². The zero-order chi connectivity index (χ0) is 15.4. The first-order valence-corrected chi connectivity index (χ1v) is 8.66. The van der Waals surface area contributed by atoms with E-state index in [1.807, 2.05) is 0 Å². The van der Waals surface area contributed by atoms with Crippen LogP contribution < -0.4 is 5.73 Å². The Labute approximate surface area is 138 Å². The Morgan fingerprint density at radius 3 is 2.13 bits per heavy atom. The molecule has 2 N–H and O–H groups in total. The lowest BCUT2D eigenvalue weighted by atomic mass is 9.90. The maximum Gasteiger partial charge on any atom is 0.0652 e. The molecule has 0 bridgehead atoms. The summed E-state index contributed by atoms with van der Waals surface area (Å²) in [5, 5.41) is 9.92. The van der Waals surface area contributed by atoms with Gasteiger partial charge in [0.15, 0.2) is 0 Å². The van der Waals surface area contributed by atoms with Crippen LogP contribution in [-0.4, -0.2) is 0 Å². The quantitative estimate of drug-likeness (QED) is 0.416. The zero-order valence-electron chi connectivity index (χ0n) is 12.5. The normalized spacial score (nSPS) is 13.3. The molecule has 4 aromatic carbocycles. The molecule has 23 heavy (non-hydrogen) atoms. The first-order valence-electron chi connectivity index (χ1n) is 7.78. The molecular formula is C21H15NS. The summed E-state index contributed by atoms with van der Waals surface area (Å²) in [5.74, 6) is 0. The molecule has 1 nitrogen and oxygen atoms in total. The summed E-state index contributed by atoms with van der Waals surface area (Å²) in [4.78, 5) is 1.21. The highest BCUT2D eigenvalue weighted by atomic mass is 32.1. The molecule has 5 aromatic rings. The van der Waals surface area contributed by atoms with Crippen molar-refractivity contribution in [1.82, 2.24) is 0 Å². The van der Waals surface area contributed by atoms with Crippen molar-refractivity contribution in [3.63, 3.8) is 0 Å². The minimum atomic E-state index is -0.0698. The third kappa shape index (κ3) is 1.83. The van der Waals surface area contributed by atoms with Gasteiger partial charge < -0.3 is 5.73 Å². The van der Waals surface area contributed by atoms with Gasteiger partial charge >= 0.3 is 0 Å². The van der Waals surface area contributed by atoms with E-state index in [0.717, 1.165) is 0 Å². The van der Waals surface area contributed by atoms with Crippen LogP contribution >= 0.6 is 11.3 Å². The van der Waals surface area contributed by atoms with Crippen LogP contribution in [0.2, 0.25) is 0 Å². The van der Waals surface area contributed by atoms with Gasteiger partial charge in [0, 0.05) is 4.88 Å². The van der Waals surface area contributed by atoms with Gasteiger partial charge in [0.25, 0.3) is 0 Å². The largest absolute Gasteiger partial charge is 0.320 e. The van der Waals surface area contributed by atoms with Gasteiger partial charge in [0.05, 0.1) is 6.04 Å².